The number of aromatic nitrogens is 1. The Kier molecular flexibility index (Phi) is 2.06. The molecular formula is C9H8N2OS. The van der Waals surface area contributed by atoms with Crippen molar-refractivity contribution in [2.75, 3.05) is 0 Å². The number of aldehydes is 1. The number of thioether (sulfide) groups is 1. The molecule has 1 atom stereocenters. The number of hydrogen-bond donors (Lipinski definition) is 1. The van der Waals surface area contributed by atoms with E-state index in [0.717, 1.165) is 12.0 Å². The molecule has 1 aliphatic rings. The molecule has 0 fully saturated rings. The molecule has 0 aliphatic carbocycles. The first-order chi connectivity index (χ1) is 6.37. The Hall–Kier alpha value is -1.29. The van der Waals surface area contributed by atoms with E-state index in [1.807, 2.05) is 23.6 Å². The van der Waals surface area contributed by atoms with Crippen molar-refractivity contribution in [2.24, 2.45) is 0 Å². The summed E-state index contributed by atoms with van der Waals surface area (Å²) in [6, 6.07) is 5.53. The summed E-state index contributed by atoms with van der Waals surface area (Å²) in [6.07, 6.45) is 4.31. The van der Waals surface area contributed by atoms with Crippen LogP contribution in [0.1, 0.15) is 5.69 Å². The van der Waals surface area contributed by atoms with Gasteiger partial charge in [-0.15, -0.1) is 0 Å². The highest BCUT2D eigenvalue weighted by Gasteiger charge is 2.34. The summed E-state index contributed by atoms with van der Waals surface area (Å²) in [5.41, 5.74) is 0.736. The quantitative estimate of drug-likeness (QED) is 0.716. The Morgan fingerprint density at radius 1 is 1.54 bits per heavy atom. The molecule has 0 spiro atoms. The van der Waals surface area contributed by atoms with Crippen LogP contribution in [-0.4, -0.2) is 11.3 Å². The molecule has 0 radical (unpaired) electrons. The second kappa shape index (κ2) is 3.22. The third kappa shape index (κ3) is 1.33. The zero-order valence-electron chi connectivity index (χ0n) is 6.81. The van der Waals surface area contributed by atoms with Gasteiger partial charge in [-0.05, 0) is 17.5 Å². The standard InChI is InChI=1S/C9H8N2OS/c12-7-9(11-5-6-13-9)8-3-1-2-4-10-8/h1-7,11H. The lowest BCUT2D eigenvalue weighted by molar-refractivity contribution is -0.110. The molecule has 1 aromatic heterocycles. The Labute approximate surface area is 80.2 Å². The van der Waals surface area contributed by atoms with Gasteiger partial charge in [-0.25, -0.2) is 0 Å². The monoisotopic (exact) mass is 192 g/mol. The maximum absolute atomic E-state index is 11.0. The minimum atomic E-state index is -0.707. The third-order valence-corrected chi connectivity index (χ3v) is 2.90. The molecule has 0 bridgehead atoms. The summed E-state index contributed by atoms with van der Waals surface area (Å²) in [7, 11) is 0. The summed E-state index contributed by atoms with van der Waals surface area (Å²) in [5.74, 6) is 0. The molecule has 1 aromatic rings. The lowest BCUT2D eigenvalue weighted by atomic mass is 10.2. The van der Waals surface area contributed by atoms with Crippen molar-refractivity contribution in [1.82, 2.24) is 10.3 Å². The van der Waals surface area contributed by atoms with E-state index in [2.05, 4.69) is 10.3 Å². The maximum Gasteiger partial charge on any atom is 0.186 e. The van der Waals surface area contributed by atoms with Gasteiger partial charge in [0.05, 0.1) is 5.69 Å². The predicted molar refractivity (Wildman–Crippen MR) is 51.8 cm³/mol. The molecular weight excluding hydrogens is 184 g/mol. The number of nitrogens with one attached hydrogen (secondary N) is 1. The summed E-state index contributed by atoms with van der Waals surface area (Å²) >= 11 is 1.42. The Bertz CT molecular complexity index is 329. The molecule has 1 aliphatic heterocycles. The highest BCUT2D eigenvalue weighted by atomic mass is 32.2. The van der Waals surface area contributed by atoms with E-state index >= 15 is 0 Å². The molecule has 1 unspecified atom stereocenters. The number of hydrogen-bond acceptors (Lipinski definition) is 4. The van der Waals surface area contributed by atoms with Gasteiger partial charge in [-0.3, -0.25) is 9.78 Å². The first kappa shape index (κ1) is 8.31. The summed E-state index contributed by atoms with van der Waals surface area (Å²) in [4.78, 5) is 14.4. The fourth-order valence-electron chi connectivity index (χ4n) is 1.17. The Morgan fingerprint density at radius 3 is 3.00 bits per heavy atom. The van der Waals surface area contributed by atoms with Gasteiger partial charge in [0.25, 0.3) is 0 Å². The van der Waals surface area contributed by atoms with Crippen LogP contribution in [0.4, 0.5) is 0 Å². The summed E-state index contributed by atoms with van der Waals surface area (Å²) in [5, 5.41) is 4.84. The van der Waals surface area contributed by atoms with Crippen LogP contribution in [-0.2, 0) is 9.67 Å². The fourth-order valence-corrected chi connectivity index (χ4v) is 1.96. The molecule has 3 nitrogen and oxygen atoms in total. The zero-order chi connectivity index (χ0) is 9.15. The van der Waals surface area contributed by atoms with Gasteiger partial charge in [0.2, 0.25) is 0 Å². The molecule has 0 amide bonds. The van der Waals surface area contributed by atoms with Gasteiger partial charge in [-0.1, -0.05) is 17.8 Å². The average Bonchev–Trinajstić information content (AvgIpc) is 2.69. The van der Waals surface area contributed by atoms with E-state index in [9.17, 15) is 4.79 Å². The van der Waals surface area contributed by atoms with Crippen LogP contribution in [0.25, 0.3) is 0 Å². The molecule has 0 saturated heterocycles. The Balaban J connectivity index is 2.38. The third-order valence-electron chi connectivity index (χ3n) is 1.83. The number of pyridine rings is 1. The van der Waals surface area contributed by atoms with Crippen molar-refractivity contribution in [3.05, 3.63) is 41.7 Å². The van der Waals surface area contributed by atoms with Crippen LogP contribution in [0.3, 0.4) is 0 Å². The second-order valence-electron chi connectivity index (χ2n) is 2.63. The molecule has 2 rings (SSSR count). The second-order valence-corrected chi connectivity index (χ2v) is 3.79. The SMILES string of the molecule is O=CC1(c2ccccn2)NC=CS1. The first-order valence-electron chi connectivity index (χ1n) is 3.86. The summed E-state index contributed by atoms with van der Waals surface area (Å²) in [6.45, 7) is 0. The number of nitrogens with zero attached hydrogens (tertiary/aromatic N) is 1. The van der Waals surface area contributed by atoms with E-state index in [1.165, 1.54) is 11.8 Å². The van der Waals surface area contributed by atoms with E-state index in [4.69, 9.17) is 0 Å². The van der Waals surface area contributed by atoms with Gasteiger partial charge in [0.15, 0.2) is 11.2 Å². The van der Waals surface area contributed by atoms with E-state index in [0.29, 0.717) is 0 Å². The lowest BCUT2D eigenvalue weighted by Crippen LogP contribution is -2.35. The van der Waals surface area contributed by atoms with Gasteiger partial charge in [-0.2, -0.15) is 0 Å². The van der Waals surface area contributed by atoms with Gasteiger partial charge >= 0.3 is 0 Å². The highest BCUT2D eigenvalue weighted by molar-refractivity contribution is 8.03. The summed E-state index contributed by atoms with van der Waals surface area (Å²) < 4.78 is 0. The van der Waals surface area contributed by atoms with Crippen molar-refractivity contribution in [2.45, 2.75) is 4.87 Å². The topological polar surface area (TPSA) is 42.0 Å². The smallest absolute Gasteiger partial charge is 0.186 e. The van der Waals surface area contributed by atoms with Crippen molar-refractivity contribution in [3.63, 3.8) is 0 Å². The first-order valence-corrected chi connectivity index (χ1v) is 4.74. The number of rotatable bonds is 2. The van der Waals surface area contributed by atoms with E-state index in [1.54, 1.807) is 12.4 Å². The van der Waals surface area contributed by atoms with Crippen LogP contribution in [0, 0.1) is 0 Å². The lowest BCUT2D eigenvalue weighted by Gasteiger charge is -2.20. The van der Waals surface area contributed by atoms with Crippen LogP contribution >= 0.6 is 11.8 Å². The van der Waals surface area contributed by atoms with Gasteiger partial charge in [0.1, 0.15) is 0 Å². The van der Waals surface area contributed by atoms with Crippen molar-refractivity contribution in [3.8, 4) is 0 Å². The van der Waals surface area contributed by atoms with Gasteiger partial charge in [0, 0.05) is 12.4 Å². The minimum absolute atomic E-state index is 0.707. The van der Waals surface area contributed by atoms with Crippen molar-refractivity contribution in [1.29, 1.82) is 0 Å². The molecule has 66 valence electrons. The van der Waals surface area contributed by atoms with Crippen LogP contribution in [0.15, 0.2) is 36.0 Å². The Morgan fingerprint density at radius 2 is 2.46 bits per heavy atom. The number of carbonyl (C=O) groups is 1. The molecule has 0 aromatic carbocycles. The average molecular weight is 192 g/mol. The zero-order valence-corrected chi connectivity index (χ0v) is 7.62. The normalized spacial score (nSPS) is 25.5. The highest BCUT2D eigenvalue weighted by Crippen LogP contribution is 2.34. The predicted octanol–water partition coefficient (Wildman–Crippen LogP) is 1.24. The molecule has 0 saturated carbocycles. The molecule has 2 heterocycles. The maximum atomic E-state index is 11.0. The molecule has 13 heavy (non-hydrogen) atoms. The number of carbonyl (C=O) groups excluding carboxylic acids is 1. The van der Waals surface area contributed by atoms with E-state index < -0.39 is 4.87 Å². The van der Waals surface area contributed by atoms with Crippen molar-refractivity contribution < 1.29 is 4.79 Å². The van der Waals surface area contributed by atoms with Crippen LogP contribution in [0.2, 0.25) is 0 Å². The molecule has 4 heteroatoms. The van der Waals surface area contributed by atoms with Gasteiger partial charge < -0.3 is 5.32 Å². The minimum Gasteiger partial charge on any atom is -0.365 e. The largest absolute Gasteiger partial charge is 0.365 e. The van der Waals surface area contributed by atoms with E-state index in [-0.39, 0.29) is 0 Å². The van der Waals surface area contributed by atoms with Crippen molar-refractivity contribution >= 4 is 18.0 Å². The fraction of sp³-hybridized carbons (Fsp3) is 0.111. The van der Waals surface area contributed by atoms with Crippen LogP contribution < -0.4 is 5.32 Å². The molecule has 1 N–H and O–H groups in total. The van der Waals surface area contributed by atoms with Crippen LogP contribution in [0.5, 0.6) is 0 Å².